The van der Waals surface area contributed by atoms with E-state index in [2.05, 4.69) is 5.10 Å². The fraction of sp³-hybridized carbons (Fsp3) is 0.407. The number of likely N-dealkylation sites (N-methyl/N-ethyl adjacent to an activating group) is 1. The Hall–Kier alpha value is -3.53. The van der Waals surface area contributed by atoms with Crippen molar-refractivity contribution < 1.29 is 32.4 Å². The Balaban J connectivity index is 1.71. The van der Waals surface area contributed by atoms with Crippen LogP contribution in [0.25, 0.3) is 0 Å². The topological polar surface area (TPSA) is 58.8 Å². The quantitative estimate of drug-likeness (QED) is 0.635. The zero-order valence-corrected chi connectivity index (χ0v) is 21.1. The molecule has 0 aromatic heterocycles. The van der Waals surface area contributed by atoms with Crippen LogP contribution in [-0.4, -0.2) is 56.9 Å². The van der Waals surface area contributed by atoms with E-state index >= 15 is 0 Å². The molecule has 1 amide bonds. The third-order valence-electron chi connectivity index (χ3n) is 7.21. The number of nitrogens with one attached hydrogen (secondary N) is 1. The Morgan fingerprint density at radius 2 is 1.68 bits per heavy atom. The summed E-state index contributed by atoms with van der Waals surface area (Å²) in [6.45, 7) is 4.63. The van der Waals surface area contributed by atoms with Gasteiger partial charge in [-0.25, -0.2) is 4.79 Å². The highest BCUT2D eigenvalue weighted by Gasteiger charge is 2.46. The Morgan fingerprint density at radius 1 is 1.00 bits per heavy atom. The number of methoxy groups -OCH3 is 2. The Morgan fingerprint density at radius 3 is 2.27 bits per heavy atom. The molecule has 0 radical (unpaired) electrons. The van der Waals surface area contributed by atoms with Gasteiger partial charge in [-0.15, -0.1) is 5.01 Å². The molecular weight excluding hydrogens is 485 g/mol. The van der Waals surface area contributed by atoms with Crippen molar-refractivity contribution >= 4 is 23.0 Å². The molecule has 3 aliphatic heterocycles. The summed E-state index contributed by atoms with van der Waals surface area (Å²) >= 11 is 0. The van der Waals surface area contributed by atoms with E-state index in [1.807, 2.05) is 16.7 Å². The number of amides is 1. The third-order valence-corrected chi connectivity index (χ3v) is 7.21. The van der Waals surface area contributed by atoms with E-state index in [1.54, 1.807) is 18.2 Å². The van der Waals surface area contributed by atoms with Crippen molar-refractivity contribution in [2.45, 2.75) is 32.4 Å². The Kier molecular flexibility index (Phi) is 6.61. The number of halogens is 3. The van der Waals surface area contributed by atoms with E-state index in [0.717, 1.165) is 37.6 Å². The van der Waals surface area contributed by atoms with Crippen molar-refractivity contribution in [1.29, 1.82) is 0 Å². The van der Waals surface area contributed by atoms with Crippen molar-refractivity contribution in [3.8, 4) is 11.5 Å². The largest absolute Gasteiger partial charge is 0.497 e. The molecule has 10 heteroatoms. The molecule has 3 heterocycles. The fourth-order valence-corrected chi connectivity index (χ4v) is 5.35. The molecule has 5 rings (SSSR count). The van der Waals surface area contributed by atoms with Crippen molar-refractivity contribution in [2.75, 3.05) is 45.3 Å². The van der Waals surface area contributed by atoms with E-state index < -0.39 is 17.6 Å². The molecule has 1 fully saturated rings. The van der Waals surface area contributed by atoms with Gasteiger partial charge in [0, 0.05) is 55.1 Å². The van der Waals surface area contributed by atoms with Gasteiger partial charge in [0.05, 0.1) is 14.2 Å². The van der Waals surface area contributed by atoms with E-state index in [9.17, 15) is 18.0 Å². The molecule has 2 aromatic rings. The number of carbonyl (C=O) groups is 1. The SMILES string of the molecule is CCN1CCC2=C1C(=O)[NH+](c1cc(N3CCCC3)ccc1C(F)(F)F)N=C2c1cc(OC)cc(OC)c1. The van der Waals surface area contributed by atoms with Gasteiger partial charge in [0.2, 0.25) is 0 Å². The van der Waals surface area contributed by atoms with Crippen LogP contribution in [0.1, 0.15) is 37.3 Å². The van der Waals surface area contributed by atoms with Crippen molar-refractivity contribution in [3.63, 3.8) is 0 Å². The molecule has 0 spiro atoms. The van der Waals surface area contributed by atoms with E-state index in [0.29, 0.717) is 53.7 Å². The summed E-state index contributed by atoms with van der Waals surface area (Å²) in [5, 5.41) is 4.49. The van der Waals surface area contributed by atoms with Crippen LogP contribution in [0.2, 0.25) is 0 Å². The van der Waals surface area contributed by atoms with E-state index in [4.69, 9.17) is 9.47 Å². The first-order chi connectivity index (χ1) is 17.7. The van der Waals surface area contributed by atoms with Gasteiger partial charge >= 0.3 is 12.1 Å². The second kappa shape index (κ2) is 9.74. The lowest BCUT2D eigenvalue weighted by molar-refractivity contribution is -0.755. The number of hydrogen-bond acceptors (Lipinski definition) is 6. The molecule has 2 aromatic carbocycles. The molecule has 196 valence electrons. The van der Waals surface area contributed by atoms with E-state index in [1.165, 1.54) is 26.4 Å². The van der Waals surface area contributed by atoms with Gasteiger partial charge in [-0.3, -0.25) is 0 Å². The number of carbonyl (C=O) groups excluding carboxylic acids is 1. The zero-order valence-electron chi connectivity index (χ0n) is 21.1. The number of anilines is 1. The molecule has 0 saturated carbocycles. The molecule has 0 aliphatic carbocycles. The highest BCUT2D eigenvalue weighted by atomic mass is 19.4. The summed E-state index contributed by atoms with van der Waals surface area (Å²) in [7, 11) is 3.06. The lowest BCUT2D eigenvalue weighted by Gasteiger charge is -2.26. The highest BCUT2D eigenvalue weighted by Crippen LogP contribution is 2.38. The summed E-state index contributed by atoms with van der Waals surface area (Å²) < 4.78 is 53.5. The minimum atomic E-state index is -4.64. The number of rotatable bonds is 6. The van der Waals surface area contributed by atoms with Gasteiger partial charge in [0.1, 0.15) is 22.8 Å². The third kappa shape index (κ3) is 4.54. The van der Waals surface area contributed by atoms with Gasteiger partial charge < -0.3 is 19.3 Å². The van der Waals surface area contributed by atoms with Crippen LogP contribution in [-0.2, 0) is 11.0 Å². The number of ether oxygens (including phenoxy) is 2. The standard InChI is InChI=1S/C27H29F3N4O3/c1-4-32-12-9-21-24(17-13-19(36-2)16-20(14-17)37-3)31-34(26(35)25(21)32)23-15-18(33-10-5-6-11-33)7-8-22(23)27(28,29)30/h7-8,13-16H,4-6,9-12H2,1-3H3/p+1. The van der Waals surface area contributed by atoms with Gasteiger partial charge in [-0.2, -0.15) is 13.2 Å². The monoisotopic (exact) mass is 515 g/mol. The smallest absolute Gasteiger partial charge is 0.422 e. The van der Waals surface area contributed by atoms with Crippen LogP contribution in [0.5, 0.6) is 11.5 Å². The number of nitrogens with zero attached hydrogens (tertiary/aromatic N) is 3. The van der Waals surface area contributed by atoms with Crippen molar-refractivity contribution in [3.05, 3.63) is 58.8 Å². The van der Waals surface area contributed by atoms with Gasteiger partial charge in [-0.1, -0.05) is 5.10 Å². The first-order valence-electron chi connectivity index (χ1n) is 12.4. The average molecular weight is 516 g/mol. The summed E-state index contributed by atoms with van der Waals surface area (Å²) in [6, 6.07) is 9.28. The maximum atomic E-state index is 14.2. The van der Waals surface area contributed by atoms with Crippen molar-refractivity contribution in [1.82, 2.24) is 4.90 Å². The van der Waals surface area contributed by atoms with Crippen LogP contribution < -0.4 is 19.4 Å². The maximum Gasteiger partial charge on any atom is 0.422 e. The van der Waals surface area contributed by atoms with Gasteiger partial charge in [0.15, 0.2) is 11.4 Å². The summed E-state index contributed by atoms with van der Waals surface area (Å²) in [6.07, 6.45) is -2.11. The molecule has 7 nitrogen and oxygen atoms in total. The van der Waals surface area contributed by atoms with Crippen LogP contribution >= 0.6 is 0 Å². The predicted octanol–water partition coefficient (Wildman–Crippen LogP) is 3.76. The molecule has 1 saturated heterocycles. The summed E-state index contributed by atoms with van der Waals surface area (Å²) in [5.41, 5.74) is 1.85. The molecule has 3 aliphatic rings. The Bertz CT molecular complexity index is 1260. The molecule has 0 bridgehead atoms. The lowest BCUT2D eigenvalue weighted by Crippen LogP contribution is -3.07. The maximum absolute atomic E-state index is 14.2. The first-order valence-corrected chi connectivity index (χ1v) is 12.4. The van der Waals surface area contributed by atoms with E-state index in [-0.39, 0.29) is 10.7 Å². The second-order valence-corrected chi connectivity index (χ2v) is 9.32. The minimum absolute atomic E-state index is 0.191. The molecular formula is C27H30F3N4O3+. The molecule has 1 N–H and O–H groups in total. The van der Waals surface area contributed by atoms with Crippen molar-refractivity contribution in [2.24, 2.45) is 5.10 Å². The average Bonchev–Trinajstić information content (AvgIpc) is 3.58. The summed E-state index contributed by atoms with van der Waals surface area (Å²) in [5.74, 6) is 0.571. The number of hydrogen-bond donors (Lipinski definition) is 1. The summed E-state index contributed by atoms with van der Waals surface area (Å²) in [4.78, 5) is 17.8. The molecule has 37 heavy (non-hydrogen) atoms. The van der Waals surface area contributed by atoms with Crippen LogP contribution in [0.15, 0.2) is 52.8 Å². The number of quaternary nitrogens is 1. The van der Waals surface area contributed by atoms with Gasteiger partial charge in [-0.05, 0) is 50.5 Å². The molecule has 1 unspecified atom stereocenters. The van der Waals surface area contributed by atoms with Crippen LogP contribution in [0, 0.1) is 0 Å². The lowest BCUT2D eigenvalue weighted by atomic mass is 9.97. The highest BCUT2D eigenvalue weighted by molar-refractivity contribution is 6.17. The predicted molar refractivity (Wildman–Crippen MR) is 133 cm³/mol. The normalized spacial score (nSPS) is 19.9. The number of alkyl halides is 3. The fourth-order valence-electron chi connectivity index (χ4n) is 5.35. The Labute approximate surface area is 213 Å². The first kappa shape index (κ1) is 25.1. The number of benzene rings is 2. The molecule has 1 atom stereocenters. The minimum Gasteiger partial charge on any atom is -0.497 e. The van der Waals surface area contributed by atoms with Crippen LogP contribution in [0.3, 0.4) is 0 Å². The van der Waals surface area contributed by atoms with Gasteiger partial charge in [0.25, 0.3) is 0 Å². The second-order valence-electron chi connectivity index (χ2n) is 9.32. The van der Waals surface area contributed by atoms with Crippen LogP contribution in [0.4, 0.5) is 24.5 Å². The zero-order chi connectivity index (χ0) is 26.3.